The Kier molecular flexibility index (Phi) is 7.68. The van der Waals surface area contributed by atoms with Crippen LogP contribution in [0.15, 0.2) is 206 Å². The monoisotopic (exact) mass is 770 g/mol. The van der Waals surface area contributed by atoms with Gasteiger partial charge in [-0.25, -0.2) is 9.97 Å². The van der Waals surface area contributed by atoms with Gasteiger partial charge in [0.25, 0.3) is 0 Å². The molecule has 0 aliphatic rings. The minimum atomic E-state index is 0.630. The van der Waals surface area contributed by atoms with Crippen molar-refractivity contribution in [2.75, 3.05) is 4.90 Å². The lowest BCUT2D eigenvalue weighted by Gasteiger charge is -2.26. The standard InChI is InChI=1S/C54H34N4S/c1-3-15-37(16-4-1)48-33-49(38-17-5-2-6-18-38)56-54(55-48)58-50-31-43(27-28-44(50)46-32-47-45-21-11-12-22-52(45)59-53(47)34-51(46)58)57(41-25-23-35-13-7-9-19-39(35)29-41)42-26-24-36-14-8-10-20-40(36)30-42/h1-34H. The van der Waals surface area contributed by atoms with Gasteiger partial charge in [0.2, 0.25) is 5.95 Å². The fraction of sp³-hybridized carbons (Fsp3) is 0. The normalized spacial score (nSPS) is 11.7. The zero-order valence-corrected chi connectivity index (χ0v) is 32.6. The van der Waals surface area contributed by atoms with E-state index < -0.39 is 0 Å². The molecule has 0 fully saturated rings. The number of thiophene rings is 1. The lowest BCUT2D eigenvalue weighted by molar-refractivity contribution is 0.996. The Morgan fingerprint density at radius 1 is 0.356 bits per heavy atom. The molecule has 59 heavy (non-hydrogen) atoms. The van der Waals surface area contributed by atoms with E-state index >= 15 is 0 Å². The van der Waals surface area contributed by atoms with E-state index in [4.69, 9.17) is 9.97 Å². The largest absolute Gasteiger partial charge is 0.310 e. The van der Waals surface area contributed by atoms with Crippen LogP contribution in [0.2, 0.25) is 0 Å². The summed E-state index contributed by atoms with van der Waals surface area (Å²) in [5, 5.41) is 9.66. The molecular weight excluding hydrogens is 737 g/mol. The van der Waals surface area contributed by atoms with Crippen LogP contribution in [-0.2, 0) is 0 Å². The van der Waals surface area contributed by atoms with Gasteiger partial charge in [-0.15, -0.1) is 11.3 Å². The SMILES string of the molecule is c1ccc(-c2cc(-c3ccccc3)nc(-n3c4cc(N(c5ccc6ccccc6c5)c5ccc6ccccc6c5)ccc4c4cc5c(cc43)sc3ccccc35)n2)cc1. The van der Waals surface area contributed by atoms with Gasteiger partial charge >= 0.3 is 0 Å². The lowest BCUT2D eigenvalue weighted by Crippen LogP contribution is -2.10. The minimum absolute atomic E-state index is 0.630. The summed E-state index contributed by atoms with van der Waals surface area (Å²) in [5.41, 5.74) is 9.15. The molecule has 276 valence electrons. The van der Waals surface area contributed by atoms with Crippen LogP contribution in [0.3, 0.4) is 0 Å². The van der Waals surface area contributed by atoms with Gasteiger partial charge in [0.15, 0.2) is 0 Å². The number of aromatic nitrogens is 3. The average molecular weight is 771 g/mol. The molecule has 3 aromatic heterocycles. The summed E-state index contributed by atoms with van der Waals surface area (Å²) in [7, 11) is 0. The Bertz CT molecular complexity index is 3430. The molecule has 5 heteroatoms. The average Bonchev–Trinajstić information content (AvgIpc) is 3.83. The van der Waals surface area contributed by atoms with Crippen molar-refractivity contribution in [2.45, 2.75) is 0 Å². The van der Waals surface area contributed by atoms with Crippen molar-refractivity contribution < 1.29 is 0 Å². The third-order valence-corrected chi connectivity index (χ3v) is 12.7. The molecule has 0 N–H and O–H groups in total. The van der Waals surface area contributed by atoms with Gasteiger partial charge in [-0.05, 0) is 82.2 Å². The lowest BCUT2D eigenvalue weighted by atomic mass is 10.1. The highest BCUT2D eigenvalue weighted by atomic mass is 32.1. The van der Waals surface area contributed by atoms with Crippen LogP contribution >= 0.6 is 11.3 Å². The highest BCUT2D eigenvalue weighted by Crippen LogP contribution is 2.44. The number of fused-ring (bicyclic) bond motifs is 8. The second kappa shape index (κ2) is 13.5. The first-order valence-corrected chi connectivity index (χ1v) is 20.7. The topological polar surface area (TPSA) is 34.0 Å². The second-order valence-corrected chi connectivity index (χ2v) is 16.2. The molecule has 0 spiro atoms. The fourth-order valence-electron chi connectivity index (χ4n) is 8.71. The Hall–Kier alpha value is -7.60. The van der Waals surface area contributed by atoms with Gasteiger partial charge in [-0.2, -0.15) is 0 Å². The van der Waals surface area contributed by atoms with Gasteiger partial charge in [-0.1, -0.05) is 146 Å². The molecule has 0 unspecified atom stereocenters. The van der Waals surface area contributed by atoms with Crippen LogP contribution in [0.5, 0.6) is 0 Å². The molecule has 0 aliphatic carbocycles. The van der Waals surface area contributed by atoms with Crippen LogP contribution in [0.1, 0.15) is 0 Å². The summed E-state index contributed by atoms with van der Waals surface area (Å²) < 4.78 is 4.80. The number of benzene rings is 9. The predicted molar refractivity (Wildman–Crippen MR) is 250 cm³/mol. The van der Waals surface area contributed by atoms with Crippen molar-refractivity contribution in [3.05, 3.63) is 206 Å². The maximum absolute atomic E-state index is 5.40. The zero-order valence-electron chi connectivity index (χ0n) is 31.8. The van der Waals surface area contributed by atoms with E-state index in [0.717, 1.165) is 56.0 Å². The highest BCUT2D eigenvalue weighted by molar-refractivity contribution is 7.25. The summed E-state index contributed by atoms with van der Waals surface area (Å²) in [6.07, 6.45) is 0. The molecule has 3 heterocycles. The summed E-state index contributed by atoms with van der Waals surface area (Å²) >= 11 is 1.83. The van der Waals surface area contributed by atoms with E-state index in [-0.39, 0.29) is 0 Å². The van der Waals surface area contributed by atoms with Gasteiger partial charge in [0.1, 0.15) is 0 Å². The Balaban J connectivity index is 1.17. The number of hydrogen-bond donors (Lipinski definition) is 0. The molecule has 0 amide bonds. The smallest absolute Gasteiger partial charge is 0.235 e. The first-order valence-electron chi connectivity index (χ1n) is 19.9. The Morgan fingerprint density at radius 2 is 0.881 bits per heavy atom. The molecule has 0 saturated heterocycles. The molecule has 12 aromatic rings. The summed E-state index contributed by atoms with van der Waals surface area (Å²) in [6.45, 7) is 0. The van der Waals surface area contributed by atoms with E-state index in [1.165, 1.54) is 47.1 Å². The minimum Gasteiger partial charge on any atom is -0.310 e. The van der Waals surface area contributed by atoms with Crippen molar-refractivity contribution in [1.82, 2.24) is 14.5 Å². The maximum atomic E-state index is 5.40. The van der Waals surface area contributed by atoms with E-state index in [1.807, 2.05) is 23.5 Å². The van der Waals surface area contributed by atoms with Gasteiger partial charge < -0.3 is 4.90 Å². The van der Waals surface area contributed by atoms with Gasteiger partial charge in [0, 0.05) is 59.1 Å². The van der Waals surface area contributed by atoms with Gasteiger partial charge in [0.05, 0.1) is 22.4 Å². The molecule has 0 atom stereocenters. The van der Waals surface area contributed by atoms with Crippen molar-refractivity contribution in [1.29, 1.82) is 0 Å². The van der Waals surface area contributed by atoms with Crippen molar-refractivity contribution >= 4 is 91.9 Å². The molecule has 0 aliphatic heterocycles. The molecule has 4 nitrogen and oxygen atoms in total. The quantitative estimate of drug-likeness (QED) is 0.169. The Morgan fingerprint density at radius 3 is 1.53 bits per heavy atom. The first-order chi connectivity index (χ1) is 29.2. The first kappa shape index (κ1) is 33.5. The van der Waals surface area contributed by atoms with Crippen LogP contribution in [0, 0.1) is 0 Å². The maximum Gasteiger partial charge on any atom is 0.235 e. The number of rotatable bonds is 6. The number of nitrogens with zero attached hydrogens (tertiary/aromatic N) is 4. The fourth-order valence-corrected chi connectivity index (χ4v) is 9.83. The van der Waals surface area contributed by atoms with Crippen LogP contribution < -0.4 is 4.90 Å². The molecular formula is C54H34N4S. The third kappa shape index (κ3) is 5.66. The van der Waals surface area contributed by atoms with Gasteiger partial charge in [-0.3, -0.25) is 4.57 Å². The second-order valence-electron chi connectivity index (χ2n) is 15.1. The molecule has 0 saturated carbocycles. The van der Waals surface area contributed by atoms with E-state index in [1.54, 1.807) is 0 Å². The zero-order chi connectivity index (χ0) is 38.9. The predicted octanol–water partition coefficient (Wildman–Crippen LogP) is 15.1. The summed E-state index contributed by atoms with van der Waals surface area (Å²) in [5.74, 6) is 0.630. The van der Waals surface area contributed by atoms with Crippen LogP contribution in [0.4, 0.5) is 17.1 Å². The Labute approximate surface area is 344 Å². The number of anilines is 3. The van der Waals surface area contributed by atoms with Crippen molar-refractivity contribution in [2.24, 2.45) is 0 Å². The highest BCUT2D eigenvalue weighted by Gasteiger charge is 2.22. The number of hydrogen-bond acceptors (Lipinski definition) is 4. The van der Waals surface area contributed by atoms with E-state index in [2.05, 4.69) is 204 Å². The van der Waals surface area contributed by atoms with Crippen molar-refractivity contribution in [3.8, 4) is 28.5 Å². The van der Waals surface area contributed by atoms with Crippen LogP contribution in [-0.4, -0.2) is 14.5 Å². The summed E-state index contributed by atoms with van der Waals surface area (Å²) in [4.78, 5) is 13.2. The molecule has 0 bridgehead atoms. The molecule has 9 aromatic carbocycles. The van der Waals surface area contributed by atoms with E-state index in [9.17, 15) is 0 Å². The van der Waals surface area contributed by atoms with E-state index in [0.29, 0.717) is 5.95 Å². The third-order valence-electron chi connectivity index (χ3n) is 11.5. The van der Waals surface area contributed by atoms with Crippen LogP contribution in [0.25, 0.3) is 92.0 Å². The molecule has 0 radical (unpaired) electrons. The van der Waals surface area contributed by atoms with Crippen molar-refractivity contribution in [3.63, 3.8) is 0 Å². The molecule has 12 rings (SSSR count). The summed E-state index contributed by atoms with van der Waals surface area (Å²) in [6, 6.07) is 73.9.